The molecule has 0 bridgehead atoms. The molecule has 0 spiro atoms. The van der Waals surface area contributed by atoms with Crippen LogP contribution in [0.15, 0.2) is 24.3 Å². The topological polar surface area (TPSA) is 20.3 Å². The number of carbonyl (C=O) groups excluding carboxylic acids is 1. The van der Waals surface area contributed by atoms with E-state index in [-0.39, 0.29) is 11.3 Å². The standard InChI is InChI=1S/C14H21NO/c1-6-13(16)15(5)12-9-7-11(8-10-12)14(2,3)4/h7-10H,6H2,1-5H3. The second-order valence-corrected chi connectivity index (χ2v) is 5.10. The van der Waals surface area contributed by atoms with E-state index >= 15 is 0 Å². The lowest BCUT2D eigenvalue weighted by molar-refractivity contribution is -0.118. The van der Waals surface area contributed by atoms with Gasteiger partial charge in [0, 0.05) is 19.2 Å². The van der Waals surface area contributed by atoms with Crippen LogP contribution in [-0.4, -0.2) is 13.0 Å². The maximum atomic E-state index is 11.5. The minimum Gasteiger partial charge on any atom is -0.316 e. The molecule has 0 saturated heterocycles. The predicted octanol–water partition coefficient (Wildman–Crippen LogP) is 3.36. The fraction of sp³-hybridized carbons (Fsp3) is 0.500. The molecule has 1 aromatic rings. The third-order valence-corrected chi connectivity index (χ3v) is 2.80. The zero-order valence-electron chi connectivity index (χ0n) is 10.9. The van der Waals surface area contributed by atoms with Crippen LogP contribution in [0.5, 0.6) is 0 Å². The molecule has 0 radical (unpaired) electrons. The molecule has 0 saturated carbocycles. The smallest absolute Gasteiger partial charge is 0.226 e. The number of anilines is 1. The van der Waals surface area contributed by atoms with Crippen LogP contribution in [0.1, 0.15) is 39.7 Å². The number of benzene rings is 1. The zero-order chi connectivity index (χ0) is 12.3. The average Bonchev–Trinajstić information content (AvgIpc) is 2.26. The Bertz CT molecular complexity index is 359. The molecule has 16 heavy (non-hydrogen) atoms. The highest BCUT2D eigenvalue weighted by molar-refractivity contribution is 5.92. The third-order valence-electron chi connectivity index (χ3n) is 2.80. The molecule has 0 unspecified atom stereocenters. The molecule has 0 aliphatic rings. The molecule has 88 valence electrons. The van der Waals surface area contributed by atoms with Gasteiger partial charge >= 0.3 is 0 Å². The Kier molecular flexibility index (Phi) is 3.74. The van der Waals surface area contributed by atoms with Crippen LogP contribution in [0.3, 0.4) is 0 Å². The lowest BCUT2D eigenvalue weighted by atomic mass is 9.87. The molecule has 1 amide bonds. The summed E-state index contributed by atoms with van der Waals surface area (Å²) in [7, 11) is 1.82. The average molecular weight is 219 g/mol. The summed E-state index contributed by atoms with van der Waals surface area (Å²) in [6, 6.07) is 8.20. The minimum atomic E-state index is 0.142. The number of rotatable bonds is 2. The Balaban J connectivity index is 2.91. The second kappa shape index (κ2) is 4.69. The highest BCUT2D eigenvalue weighted by atomic mass is 16.2. The largest absolute Gasteiger partial charge is 0.316 e. The zero-order valence-corrected chi connectivity index (χ0v) is 10.9. The Hall–Kier alpha value is -1.31. The molecule has 0 fully saturated rings. The van der Waals surface area contributed by atoms with E-state index in [9.17, 15) is 4.79 Å². The first-order chi connectivity index (χ1) is 7.36. The van der Waals surface area contributed by atoms with E-state index in [0.29, 0.717) is 6.42 Å². The summed E-state index contributed by atoms with van der Waals surface area (Å²) in [6.45, 7) is 8.43. The van der Waals surface area contributed by atoms with Gasteiger partial charge < -0.3 is 4.90 Å². The van der Waals surface area contributed by atoms with Crippen molar-refractivity contribution in [1.29, 1.82) is 0 Å². The van der Waals surface area contributed by atoms with E-state index in [4.69, 9.17) is 0 Å². The SMILES string of the molecule is CCC(=O)N(C)c1ccc(C(C)(C)C)cc1. The van der Waals surface area contributed by atoms with Crippen molar-refractivity contribution in [3.63, 3.8) is 0 Å². The number of amides is 1. The molecular weight excluding hydrogens is 198 g/mol. The van der Waals surface area contributed by atoms with E-state index in [1.165, 1.54) is 5.56 Å². The van der Waals surface area contributed by atoms with Gasteiger partial charge in [-0.3, -0.25) is 4.79 Å². The summed E-state index contributed by atoms with van der Waals surface area (Å²) < 4.78 is 0. The Labute approximate surface area is 98.3 Å². The van der Waals surface area contributed by atoms with Gasteiger partial charge in [0.05, 0.1) is 0 Å². The molecule has 2 heteroatoms. The lowest BCUT2D eigenvalue weighted by Crippen LogP contribution is -2.25. The quantitative estimate of drug-likeness (QED) is 0.747. The van der Waals surface area contributed by atoms with Gasteiger partial charge in [-0.05, 0) is 23.1 Å². The second-order valence-electron chi connectivity index (χ2n) is 5.10. The normalized spacial score (nSPS) is 11.3. The molecule has 0 atom stereocenters. The molecule has 1 aromatic carbocycles. The van der Waals surface area contributed by atoms with Crippen molar-refractivity contribution in [2.75, 3.05) is 11.9 Å². The molecule has 0 heterocycles. The molecule has 0 aliphatic carbocycles. The maximum Gasteiger partial charge on any atom is 0.226 e. The summed E-state index contributed by atoms with van der Waals surface area (Å²) in [5, 5.41) is 0. The van der Waals surface area contributed by atoms with E-state index in [2.05, 4.69) is 32.9 Å². The number of hydrogen-bond acceptors (Lipinski definition) is 1. The van der Waals surface area contributed by atoms with Gasteiger partial charge in [-0.2, -0.15) is 0 Å². The summed E-state index contributed by atoms with van der Waals surface area (Å²) >= 11 is 0. The summed E-state index contributed by atoms with van der Waals surface area (Å²) in [6.07, 6.45) is 0.539. The van der Waals surface area contributed by atoms with Crippen molar-refractivity contribution in [3.8, 4) is 0 Å². The maximum absolute atomic E-state index is 11.5. The fourth-order valence-electron chi connectivity index (χ4n) is 1.57. The van der Waals surface area contributed by atoms with Gasteiger partial charge in [0.1, 0.15) is 0 Å². The predicted molar refractivity (Wildman–Crippen MR) is 68.8 cm³/mol. The van der Waals surface area contributed by atoms with Gasteiger partial charge in [-0.25, -0.2) is 0 Å². The third kappa shape index (κ3) is 2.84. The van der Waals surface area contributed by atoms with Gasteiger partial charge in [-0.1, -0.05) is 39.8 Å². The van der Waals surface area contributed by atoms with Crippen LogP contribution in [0, 0.1) is 0 Å². The fourth-order valence-corrected chi connectivity index (χ4v) is 1.57. The monoisotopic (exact) mass is 219 g/mol. The molecular formula is C14H21NO. The van der Waals surface area contributed by atoms with Crippen molar-refractivity contribution in [2.45, 2.75) is 39.5 Å². The van der Waals surface area contributed by atoms with Crippen molar-refractivity contribution in [2.24, 2.45) is 0 Å². The number of nitrogens with zero attached hydrogens (tertiary/aromatic N) is 1. The Morgan fingerprint density at radius 1 is 1.19 bits per heavy atom. The van der Waals surface area contributed by atoms with Crippen LogP contribution < -0.4 is 4.90 Å². The van der Waals surface area contributed by atoms with E-state index in [1.54, 1.807) is 4.90 Å². The van der Waals surface area contributed by atoms with Crippen LogP contribution in [0.25, 0.3) is 0 Å². The summed E-state index contributed by atoms with van der Waals surface area (Å²) in [5.41, 5.74) is 2.40. The highest BCUT2D eigenvalue weighted by Crippen LogP contribution is 2.24. The molecule has 1 rings (SSSR count). The summed E-state index contributed by atoms with van der Waals surface area (Å²) in [5.74, 6) is 0.142. The van der Waals surface area contributed by atoms with Gasteiger partial charge in [0.15, 0.2) is 0 Å². The Morgan fingerprint density at radius 3 is 2.06 bits per heavy atom. The highest BCUT2D eigenvalue weighted by Gasteiger charge is 2.14. The minimum absolute atomic E-state index is 0.142. The van der Waals surface area contributed by atoms with Crippen molar-refractivity contribution in [3.05, 3.63) is 29.8 Å². The van der Waals surface area contributed by atoms with Crippen molar-refractivity contribution in [1.82, 2.24) is 0 Å². The lowest BCUT2D eigenvalue weighted by Gasteiger charge is -2.21. The molecule has 0 aliphatic heterocycles. The van der Waals surface area contributed by atoms with Crippen LogP contribution in [-0.2, 0) is 10.2 Å². The van der Waals surface area contributed by atoms with Crippen molar-refractivity contribution >= 4 is 11.6 Å². The van der Waals surface area contributed by atoms with Crippen LogP contribution in [0.2, 0.25) is 0 Å². The van der Waals surface area contributed by atoms with Crippen molar-refractivity contribution < 1.29 is 4.79 Å². The van der Waals surface area contributed by atoms with E-state index < -0.39 is 0 Å². The molecule has 0 aromatic heterocycles. The van der Waals surface area contributed by atoms with Crippen LogP contribution >= 0.6 is 0 Å². The number of hydrogen-bond donors (Lipinski definition) is 0. The molecule has 0 N–H and O–H groups in total. The van der Waals surface area contributed by atoms with E-state index in [1.807, 2.05) is 26.1 Å². The van der Waals surface area contributed by atoms with Gasteiger partial charge in [0.2, 0.25) is 5.91 Å². The summed E-state index contributed by atoms with van der Waals surface area (Å²) in [4.78, 5) is 13.2. The number of carbonyl (C=O) groups is 1. The Morgan fingerprint density at radius 2 is 1.69 bits per heavy atom. The van der Waals surface area contributed by atoms with Gasteiger partial charge in [0.25, 0.3) is 0 Å². The van der Waals surface area contributed by atoms with Gasteiger partial charge in [-0.15, -0.1) is 0 Å². The first-order valence-electron chi connectivity index (χ1n) is 5.73. The van der Waals surface area contributed by atoms with Crippen LogP contribution in [0.4, 0.5) is 5.69 Å². The first kappa shape index (κ1) is 12.8. The molecule has 2 nitrogen and oxygen atoms in total. The first-order valence-corrected chi connectivity index (χ1v) is 5.73. The van der Waals surface area contributed by atoms with E-state index in [0.717, 1.165) is 5.69 Å².